The second kappa shape index (κ2) is 10.2. The summed E-state index contributed by atoms with van der Waals surface area (Å²) in [6, 6.07) is 7.69. The monoisotopic (exact) mass is 404 g/mol. The second-order valence-electron chi connectivity index (χ2n) is 6.62. The zero-order valence-electron chi connectivity index (χ0n) is 16.3. The van der Waals surface area contributed by atoms with Crippen molar-refractivity contribution in [3.63, 3.8) is 0 Å². The number of allylic oxidation sites excluding steroid dienone is 2. The van der Waals surface area contributed by atoms with E-state index in [1.54, 1.807) is 18.2 Å². The molecule has 6 heteroatoms. The number of halogens is 1. The molecule has 150 valence electrons. The molecule has 0 aliphatic heterocycles. The summed E-state index contributed by atoms with van der Waals surface area (Å²) in [7, 11) is 0. The van der Waals surface area contributed by atoms with E-state index in [2.05, 4.69) is 0 Å². The van der Waals surface area contributed by atoms with Crippen LogP contribution in [0.4, 0.5) is 4.39 Å². The van der Waals surface area contributed by atoms with Crippen molar-refractivity contribution in [1.29, 1.82) is 0 Å². The lowest BCUT2D eigenvalue weighted by molar-refractivity contribution is 0.0692. The number of ether oxygens (including phenoxy) is 1. The summed E-state index contributed by atoms with van der Waals surface area (Å²) < 4.78 is 18.9. The third kappa shape index (κ3) is 5.76. The number of benzene rings is 2. The summed E-state index contributed by atoms with van der Waals surface area (Å²) in [4.78, 5) is 12.6. The van der Waals surface area contributed by atoms with Gasteiger partial charge in [-0.15, -0.1) is 11.8 Å². The molecule has 0 spiro atoms. The van der Waals surface area contributed by atoms with Crippen LogP contribution in [-0.4, -0.2) is 22.8 Å². The van der Waals surface area contributed by atoms with Crippen molar-refractivity contribution >= 4 is 17.7 Å². The van der Waals surface area contributed by atoms with Gasteiger partial charge in [-0.2, -0.15) is 0 Å². The van der Waals surface area contributed by atoms with Crippen LogP contribution in [-0.2, 0) is 12.2 Å². The van der Waals surface area contributed by atoms with Gasteiger partial charge in [-0.3, -0.25) is 0 Å². The van der Waals surface area contributed by atoms with Crippen molar-refractivity contribution in [2.24, 2.45) is 0 Å². The Labute approximate surface area is 169 Å². The largest absolute Gasteiger partial charge is 0.507 e. The second-order valence-corrected chi connectivity index (χ2v) is 7.67. The summed E-state index contributed by atoms with van der Waals surface area (Å²) >= 11 is 1.37. The van der Waals surface area contributed by atoms with Crippen molar-refractivity contribution in [3.8, 4) is 11.5 Å². The van der Waals surface area contributed by atoms with Crippen LogP contribution in [0.5, 0.6) is 11.5 Å². The molecule has 0 aliphatic carbocycles. The number of carbonyl (C=O) groups is 1. The van der Waals surface area contributed by atoms with Crippen LogP contribution >= 0.6 is 11.8 Å². The Balaban J connectivity index is 2.44. The minimum atomic E-state index is -1.19. The maximum atomic E-state index is 13.1. The highest BCUT2D eigenvalue weighted by Gasteiger charge is 2.23. The van der Waals surface area contributed by atoms with Crippen LogP contribution < -0.4 is 4.74 Å². The van der Waals surface area contributed by atoms with Gasteiger partial charge in [-0.1, -0.05) is 18.6 Å². The molecular formula is C22H25FO4S. The molecule has 0 bridgehead atoms. The summed E-state index contributed by atoms with van der Waals surface area (Å²) in [6.45, 7) is 6.33. The van der Waals surface area contributed by atoms with Gasteiger partial charge in [0, 0.05) is 16.2 Å². The first kappa shape index (κ1) is 21.8. The Kier molecular flexibility index (Phi) is 7.93. The van der Waals surface area contributed by atoms with Gasteiger partial charge in [-0.25, -0.2) is 9.18 Å². The highest BCUT2D eigenvalue weighted by Crippen LogP contribution is 2.38. The van der Waals surface area contributed by atoms with Crippen molar-refractivity contribution in [2.45, 2.75) is 44.3 Å². The van der Waals surface area contributed by atoms with Crippen molar-refractivity contribution in [3.05, 3.63) is 64.5 Å². The quantitative estimate of drug-likeness (QED) is 0.407. The molecule has 0 radical (unpaired) electrons. The normalized spacial score (nSPS) is 10.6. The van der Waals surface area contributed by atoms with E-state index in [0.717, 1.165) is 16.9 Å². The maximum absolute atomic E-state index is 13.1. The number of aromatic hydroxyl groups is 1. The fourth-order valence-corrected chi connectivity index (χ4v) is 3.50. The number of carboxylic acid groups (broad SMARTS) is 1. The predicted molar refractivity (Wildman–Crippen MR) is 110 cm³/mol. The highest BCUT2D eigenvalue weighted by atomic mass is 32.2. The molecule has 0 unspecified atom stereocenters. The van der Waals surface area contributed by atoms with E-state index < -0.39 is 5.97 Å². The molecule has 2 aromatic rings. The summed E-state index contributed by atoms with van der Waals surface area (Å²) in [5.74, 6) is -0.962. The Morgan fingerprint density at radius 2 is 1.93 bits per heavy atom. The fourth-order valence-electron chi connectivity index (χ4n) is 2.63. The number of carboxylic acids is 1. The smallest absolute Gasteiger partial charge is 0.339 e. The molecule has 0 atom stereocenters. The van der Waals surface area contributed by atoms with E-state index in [9.17, 15) is 19.4 Å². The molecule has 0 aliphatic rings. The third-order valence-electron chi connectivity index (χ3n) is 4.04. The van der Waals surface area contributed by atoms with E-state index in [1.165, 1.54) is 23.9 Å². The fraction of sp³-hybridized carbons (Fsp3) is 0.318. The first-order chi connectivity index (χ1) is 13.3. The number of phenols is 1. The summed E-state index contributed by atoms with van der Waals surface area (Å²) in [5, 5.41) is 20.4. The van der Waals surface area contributed by atoms with Crippen LogP contribution in [0.1, 0.15) is 48.7 Å². The van der Waals surface area contributed by atoms with E-state index >= 15 is 0 Å². The van der Waals surface area contributed by atoms with Crippen LogP contribution in [0.15, 0.2) is 46.9 Å². The van der Waals surface area contributed by atoms with Gasteiger partial charge in [0.25, 0.3) is 0 Å². The lowest BCUT2D eigenvalue weighted by Crippen LogP contribution is -2.08. The number of hydrogen-bond donors (Lipinski definition) is 2. The van der Waals surface area contributed by atoms with Crippen LogP contribution in [0.2, 0.25) is 0 Å². The van der Waals surface area contributed by atoms with E-state index in [4.69, 9.17) is 4.74 Å². The SMILES string of the molecule is CCCOc1cc(CSc2ccc(F)cc2)c(C(=O)O)c(O)c1CC=C(C)C. The molecule has 0 saturated heterocycles. The van der Waals surface area contributed by atoms with Crippen LogP contribution in [0, 0.1) is 5.82 Å². The molecule has 0 heterocycles. The van der Waals surface area contributed by atoms with E-state index in [0.29, 0.717) is 35.7 Å². The molecular weight excluding hydrogens is 379 g/mol. The lowest BCUT2D eigenvalue weighted by Gasteiger charge is -2.17. The molecule has 2 N–H and O–H groups in total. The molecule has 0 fully saturated rings. The van der Waals surface area contributed by atoms with Gasteiger partial charge in [-0.05, 0) is 62.6 Å². The predicted octanol–water partition coefficient (Wildman–Crippen LogP) is 5.82. The van der Waals surface area contributed by atoms with Gasteiger partial charge >= 0.3 is 5.97 Å². The zero-order valence-corrected chi connectivity index (χ0v) is 17.1. The van der Waals surface area contributed by atoms with Gasteiger partial charge in [0.2, 0.25) is 0 Å². The summed E-state index contributed by atoms with van der Waals surface area (Å²) in [6.07, 6.45) is 3.11. The molecule has 2 rings (SSSR count). The third-order valence-corrected chi connectivity index (χ3v) is 5.11. The minimum Gasteiger partial charge on any atom is -0.507 e. The number of hydrogen-bond acceptors (Lipinski definition) is 4. The number of rotatable bonds is 9. The molecule has 0 saturated carbocycles. The Hall–Kier alpha value is -2.47. The van der Waals surface area contributed by atoms with Crippen LogP contribution in [0.25, 0.3) is 0 Å². The number of aromatic carboxylic acids is 1. The zero-order chi connectivity index (χ0) is 20.7. The Morgan fingerprint density at radius 1 is 1.25 bits per heavy atom. The Bertz CT molecular complexity index is 856. The number of thioether (sulfide) groups is 1. The topological polar surface area (TPSA) is 66.8 Å². The van der Waals surface area contributed by atoms with Crippen LogP contribution in [0.3, 0.4) is 0 Å². The van der Waals surface area contributed by atoms with Gasteiger partial charge < -0.3 is 14.9 Å². The van der Waals surface area contributed by atoms with Crippen molar-refractivity contribution < 1.29 is 24.1 Å². The first-order valence-corrected chi connectivity index (χ1v) is 10.1. The minimum absolute atomic E-state index is 0.115. The van der Waals surface area contributed by atoms with Gasteiger partial charge in [0.15, 0.2) is 0 Å². The molecule has 28 heavy (non-hydrogen) atoms. The van der Waals surface area contributed by atoms with Crippen molar-refractivity contribution in [1.82, 2.24) is 0 Å². The molecule has 0 aromatic heterocycles. The maximum Gasteiger partial charge on any atom is 0.339 e. The van der Waals surface area contributed by atoms with Gasteiger partial charge in [0.05, 0.1) is 6.61 Å². The average Bonchev–Trinajstić information content (AvgIpc) is 2.64. The molecule has 0 amide bonds. The average molecular weight is 405 g/mol. The standard InChI is InChI=1S/C22H25FO4S/c1-4-11-27-19-12-15(13-28-17-8-6-16(23)7-9-17)20(22(25)26)21(24)18(19)10-5-14(2)3/h5-9,12,24H,4,10-11,13H2,1-3H3,(H,25,26). The Morgan fingerprint density at radius 3 is 2.50 bits per heavy atom. The highest BCUT2D eigenvalue weighted by molar-refractivity contribution is 7.98. The van der Waals surface area contributed by atoms with Crippen molar-refractivity contribution in [2.75, 3.05) is 6.61 Å². The summed E-state index contributed by atoms with van der Waals surface area (Å²) in [5.41, 5.74) is 1.89. The van der Waals surface area contributed by atoms with E-state index in [1.807, 2.05) is 26.8 Å². The lowest BCUT2D eigenvalue weighted by atomic mass is 9.99. The van der Waals surface area contributed by atoms with E-state index in [-0.39, 0.29) is 17.1 Å². The molecule has 2 aromatic carbocycles. The first-order valence-electron chi connectivity index (χ1n) is 9.09. The van der Waals surface area contributed by atoms with Gasteiger partial charge in [0.1, 0.15) is 22.9 Å². The molecule has 4 nitrogen and oxygen atoms in total.